The number of aromatic nitrogens is 2. The third-order valence-corrected chi connectivity index (χ3v) is 6.14. The summed E-state index contributed by atoms with van der Waals surface area (Å²) in [5.41, 5.74) is 2.98. The average Bonchev–Trinajstić information content (AvgIpc) is 2.97. The summed E-state index contributed by atoms with van der Waals surface area (Å²) >= 11 is 1.33. The van der Waals surface area contributed by atoms with Gasteiger partial charge in [0.05, 0.1) is 11.4 Å². The van der Waals surface area contributed by atoms with Crippen LogP contribution < -0.4 is 10.2 Å². The second kappa shape index (κ2) is 7.76. The van der Waals surface area contributed by atoms with Crippen molar-refractivity contribution in [3.05, 3.63) is 41.7 Å². The summed E-state index contributed by atoms with van der Waals surface area (Å²) in [7, 11) is 0. The molecule has 0 spiro atoms. The third kappa shape index (κ3) is 3.74. The van der Waals surface area contributed by atoms with Gasteiger partial charge in [0.25, 0.3) is 5.91 Å². The largest absolute Gasteiger partial charge is 0.354 e. The second-order valence-corrected chi connectivity index (χ2v) is 8.37. The second-order valence-electron chi connectivity index (χ2n) is 6.91. The first kappa shape index (κ1) is 19.5. The molecule has 2 aromatic rings. The number of carbonyl (C=O) groups excluding carboxylic acids is 2. The SMILES string of the molecule is CCN1C(=O)C(C)(C(=O)NCCCn2nc(C)cc2C)Sc2ccccc21. The lowest BCUT2D eigenvalue weighted by molar-refractivity contribution is -0.131. The number of benzene rings is 1. The molecule has 0 aliphatic carbocycles. The Balaban J connectivity index is 1.65. The number of carbonyl (C=O) groups is 2. The lowest BCUT2D eigenvalue weighted by Gasteiger charge is -2.38. The number of hydrogen-bond donors (Lipinski definition) is 1. The van der Waals surface area contributed by atoms with Crippen molar-refractivity contribution in [2.45, 2.75) is 50.3 Å². The number of hydrogen-bond acceptors (Lipinski definition) is 4. The number of thioether (sulfide) groups is 1. The van der Waals surface area contributed by atoms with Crippen LogP contribution in [0.3, 0.4) is 0 Å². The molecule has 1 aliphatic heterocycles. The Morgan fingerprint density at radius 3 is 2.70 bits per heavy atom. The van der Waals surface area contributed by atoms with Crippen molar-refractivity contribution in [2.75, 3.05) is 18.0 Å². The van der Waals surface area contributed by atoms with Crippen molar-refractivity contribution in [1.82, 2.24) is 15.1 Å². The number of nitrogens with zero attached hydrogens (tertiary/aromatic N) is 3. The van der Waals surface area contributed by atoms with Gasteiger partial charge in [0.15, 0.2) is 4.75 Å². The molecule has 0 saturated heterocycles. The number of para-hydroxylation sites is 1. The highest BCUT2D eigenvalue weighted by Crippen LogP contribution is 2.45. The Morgan fingerprint density at radius 2 is 2.04 bits per heavy atom. The summed E-state index contributed by atoms with van der Waals surface area (Å²) in [5, 5.41) is 7.37. The summed E-state index contributed by atoms with van der Waals surface area (Å²) in [6.07, 6.45) is 0.761. The molecule has 1 aromatic heterocycles. The van der Waals surface area contributed by atoms with Gasteiger partial charge < -0.3 is 10.2 Å². The fourth-order valence-electron chi connectivity index (χ4n) is 3.36. The van der Waals surface area contributed by atoms with Crippen LogP contribution in [-0.4, -0.2) is 39.4 Å². The Kier molecular flexibility index (Phi) is 5.60. The van der Waals surface area contributed by atoms with E-state index < -0.39 is 4.75 Å². The molecule has 27 heavy (non-hydrogen) atoms. The molecule has 1 atom stereocenters. The van der Waals surface area contributed by atoms with E-state index in [0.717, 1.165) is 34.9 Å². The van der Waals surface area contributed by atoms with Gasteiger partial charge >= 0.3 is 0 Å². The predicted octanol–water partition coefficient (Wildman–Crippen LogP) is 2.92. The minimum atomic E-state index is -1.15. The van der Waals surface area contributed by atoms with Gasteiger partial charge in [-0.3, -0.25) is 14.3 Å². The molecule has 1 unspecified atom stereocenters. The number of nitrogens with one attached hydrogen (secondary N) is 1. The Hall–Kier alpha value is -2.28. The van der Waals surface area contributed by atoms with E-state index in [1.165, 1.54) is 11.8 Å². The number of anilines is 1. The molecule has 1 N–H and O–H groups in total. The highest BCUT2D eigenvalue weighted by atomic mass is 32.2. The molecular weight excluding hydrogens is 360 g/mol. The van der Waals surface area contributed by atoms with Crippen molar-refractivity contribution >= 4 is 29.3 Å². The van der Waals surface area contributed by atoms with E-state index in [2.05, 4.69) is 10.4 Å². The topological polar surface area (TPSA) is 67.2 Å². The molecule has 0 radical (unpaired) electrons. The smallest absolute Gasteiger partial charge is 0.252 e. The number of aryl methyl sites for hydroxylation is 3. The zero-order valence-electron chi connectivity index (χ0n) is 16.3. The summed E-state index contributed by atoms with van der Waals surface area (Å²) < 4.78 is 0.793. The molecule has 0 saturated carbocycles. The van der Waals surface area contributed by atoms with Crippen molar-refractivity contribution in [1.29, 1.82) is 0 Å². The van der Waals surface area contributed by atoms with Crippen molar-refractivity contribution in [3.63, 3.8) is 0 Å². The lowest BCUT2D eigenvalue weighted by atomic mass is 10.1. The van der Waals surface area contributed by atoms with E-state index in [0.29, 0.717) is 13.1 Å². The molecule has 144 valence electrons. The Bertz CT molecular complexity index is 863. The minimum absolute atomic E-state index is 0.162. The van der Waals surface area contributed by atoms with E-state index in [4.69, 9.17) is 0 Å². The van der Waals surface area contributed by atoms with Gasteiger partial charge in [-0.15, -0.1) is 0 Å². The summed E-state index contributed by atoms with van der Waals surface area (Å²) in [5.74, 6) is -0.399. The van der Waals surface area contributed by atoms with Crippen molar-refractivity contribution < 1.29 is 9.59 Å². The number of fused-ring (bicyclic) bond motifs is 1. The molecule has 1 aliphatic rings. The minimum Gasteiger partial charge on any atom is -0.354 e. The van der Waals surface area contributed by atoms with Crippen LogP contribution in [0.4, 0.5) is 5.69 Å². The van der Waals surface area contributed by atoms with Gasteiger partial charge in [0.2, 0.25) is 5.91 Å². The first-order chi connectivity index (χ1) is 12.9. The Morgan fingerprint density at radius 1 is 1.30 bits per heavy atom. The molecule has 6 nitrogen and oxygen atoms in total. The van der Waals surface area contributed by atoms with Crippen LogP contribution in [0.15, 0.2) is 35.2 Å². The fraction of sp³-hybridized carbons (Fsp3) is 0.450. The number of amides is 2. The van der Waals surface area contributed by atoms with E-state index in [-0.39, 0.29) is 11.8 Å². The highest BCUT2D eigenvalue weighted by molar-refractivity contribution is 8.02. The highest BCUT2D eigenvalue weighted by Gasteiger charge is 2.48. The van der Waals surface area contributed by atoms with Gasteiger partial charge in [-0.2, -0.15) is 5.10 Å². The van der Waals surface area contributed by atoms with Crippen LogP contribution in [-0.2, 0) is 16.1 Å². The van der Waals surface area contributed by atoms with Gasteiger partial charge in [0.1, 0.15) is 0 Å². The standard InChI is InChI=1S/C20H26N4O2S/c1-5-23-16-9-6-7-10-17(16)27-20(4,19(23)26)18(25)21-11-8-12-24-15(3)13-14(2)22-24/h6-7,9-10,13H,5,8,11-12H2,1-4H3,(H,21,25). The van der Waals surface area contributed by atoms with E-state index >= 15 is 0 Å². The van der Waals surface area contributed by atoms with Crippen LogP contribution in [0, 0.1) is 13.8 Å². The van der Waals surface area contributed by atoms with Gasteiger partial charge in [-0.05, 0) is 52.3 Å². The first-order valence-electron chi connectivity index (χ1n) is 9.26. The first-order valence-corrected chi connectivity index (χ1v) is 10.1. The quantitative estimate of drug-likeness (QED) is 0.612. The van der Waals surface area contributed by atoms with Gasteiger partial charge in [-0.1, -0.05) is 23.9 Å². The monoisotopic (exact) mass is 386 g/mol. The average molecular weight is 387 g/mol. The molecular formula is C20H26N4O2S. The van der Waals surface area contributed by atoms with Crippen LogP contribution in [0.1, 0.15) is 31.7 Å². The van der Waals surface area contributed by atoms with Gasteiger partial charge in [-0.25, -0.2) is 0 Å². The summed E-state index contributed by atoms with van der Waals surface area (Å²) in [6.45, 7) is 9.42. The Labute approximate surface area is 164 Å². The van der Waals surface area contributed by atoms with E-state index in [9.17, 15) is 9.59 Å². The molecule has 7 heteroatoms. The van der Waals surface area contributed by atoms with Gasteiger partial charge in [0, 0.05) is 30.2 Å². The maximum absolute atomic E-state index is 13.0. The van der Waals surface area contributed by atoms with Crippen LogP contribution >= 0.6 is 11.8 Å². The molecule has 0 bridgehead atoms. The molecule has 2 amide bonds. The normalized spacial score (nSPS) is 19.1. The lowest BCUT2D eigenvalue weighted by Crippen LogP contribution is -2.56. The van der Waals surface area contributed by atoms with Crippen LogP contribution in [0.25, 0.3) is 0 Å². The number of rotatable bonds is 6. The van der Waals surface area contributed by atoms with Crippen molar-refractivity contribution in [2.24, 2.45) is 0 Å². The zero-order chi connectivity index (χ0) is 19.6. The zero-order valence-corrected chi connectivity index (χ0v) is 17.1. The van der Waals surface area contributed by atoms with Crippen LogP contribution in [0.2, 0.25) is 0 Å². The maximum atomic E-state index is 13.0. The fourth-order valence-corrected chi connectivity index (χ4v) is 4.59. The molecule has 0 fully saturated rings. The maximum Gasteiger partial charge on any atom is 0.252 e. The summed E-state index contributed by atoms with van der Waals surface area (Å²) in [6, 6.07) is 9.77. The van der Waals surface area contributed by atoms with Crippen molar-refractivity contribution in [3.8, 4) is 0 Å². The van der Waals surface area contributed by atoms with E-state index in [1.54, 1.807) is 11.8 Å². The molecule has 2 heterocycles. The summed E-state index contributed by atoms with van der Waals surface area (Å²) in [4.78, 5) is 28.5. The van der Waals surface area contributed by atoms with Crippen LogP contribution in [0.5, 0.6) is 0 Å². The molecule has 3 rings (SSSR count). The van der Waals surface area contributed by atoms with E-state index in [1.807, 2.05) is 55.8 Å². The molecule has 1 aromatic carbocycles. The predicted molar refractivity (Wildman–Crippen MR) is 108 cm³/mol. The third-order valence-electron chi connectivity index (χ3n) is 4.81.